The van der Waals surface area contributed by atoms with E-state index < -0.39 is 0 Å². The maximum Gasteiger partial charge on any atom is 0.258 e. The standard InChI is InChI=1S/C15H17N3O2S2/c1-9(2)12-5-16-13(20-12)8-21-7-11-4-14(19)18-10(3)6-22-15(18)17-11/h4-6,9H,7-8H2,1-3H3. The van der Waals surface area contributed by atoms with Crippen molar-refractivity contribution >= 4 is 28.1 Å². The molecule has 0 N–H and O–H groups in total. The summed E-state index contributed by atoms with van der Waals surface area (Å²) in [6.07, 6.45) is 1.78. The average Bonchev–Trinajstić information content (AvgIpc) is 3.06. The fourth-order valence-electron chi connectivity index (χ4n) is 2.08. The number of aromatic nitrogens is 3. The highest BCUT2D eigenvalue weighted by molar-refractivity contribution is 7.97. The zero-order valence-electron chi connectivity index (χ0n) is 12.7. The van der Waals surface area contributed by atoms with E-state index in [1.807, 2.05) is 12.3 Å². The molecule has 0 aliphatic carbocycles. The normalized spacial score (nSPS) is 11.6. The van der Waals surface area contributed by atoms with Gasteiger partial charge in [0.2, 0.25) is 5.89 Å². The molecule has 0 amide bonds. The van der Waals surface area contributed by atoms with Gasteiger partial charge in [0.15, 0.2) is 4.96 Å². The van der Waals surface area contributed by atoms with Crippen molar-refractivity contribution in [3.63, 3.8) is 0 Å². The van der Waals surface area contributed by atoms with Crippen molar-refractivity contribution in [1.82, 2.24) is 14.4 Å². The molecule has 3 aromatic rings. The fraction of sp³-hybridized carbons (Fsp3) is 0.400. The van der Waals surface area contributed by atoms with Gasteiger partial charge in [0.25, 0.3) is 5.56 Å². The van der Waals surface area contributed by atoms with Crippen molar-refractivity contribution in [2.24, 2.45) is 0 Å². The molecule has 0 aliphatic heterocycles. The van der Waals surface area contributed by atoms with Gasteiger partial charge >= 0.3 is 0 Å². The minimum Gasteiger partial charge on any atom is -0.445 e. The molecule has 3 aromatic heterocycles. The lowest BCUT2D eigenvalue weighted by molar-refractivity contribution is 0.453. The average molecular weight is 335 g/mol. The molecule has 22 heavy (non-hydrogen) atoms. The van der Waals surface area contributed by atoms with Crippen LogP contribution in [0.3, 0.4) is 0 Å². The highest BCUT2D eigenvalue weighted by Gasteiger charge is 2.09. The molecule has 0 aliphatic rings. The zero-order chi connectivity index (χ0) is 15.7. The van der Waals surface area contributed by atoms with E-state index in [2.05, 4.69) is 23.8 Å². The second-order valence-electron chi connectivity index (χ2n) is 5.38. The lowest BCUT2D eigenvalue weighted by Gasteiger charge is -2.01. The van der Waals surface area contributed by atoms with E-state index in [4.69, 9.17) is 4.42 Å². The van der Waals surface area contributed by atoms with Crippen LogP contribution in [0, 0.1) is 6.92 Å². The third kappa shape index (κ3) is 3.10. The van der Waals surface area contributed by atoms with Crippen LogP contribution in [0.15, 0.2) is 26.9 Å². The first-order chi connectivity index (χ1) is 10.5. The maximum atomic E-state index is 12.1. The molecule has 0 aromatic carbocycles. The Morgan fingerprint density at radius 2 is 2.23 bits per heavy atom. The van der Waals surface area contributed by atoms with Crippen LogP contribution >= 0.6 is 23.1 Å². The van der Waals surface area contributed by atoms with Gasteiger partial charge in [0.1, 0.15) is 5.76 Å². The van der Waals surface area contributed by atoms with E-state index in [1.54, 1.807) is 28.4 Å². The molecular formula is C15H17N3O2S2. The Labute approximate surface area is 136 Å². The van der Waals surface area contributed by atoms with Gasteiger partial charge in [-0.1, -0.05) is 13.8 Å². The molecule has 0 spiro atoms. The SMILES string of the molecule is Cc1csc2nc(CSCc3ncc(C(C)C)o3)cc(=O)n12. The molecule has 5 nitrogen and oxygen atoms in total. The first-order valence-corrected chi connectivity index (χ1v) is 9.07. The topological polar surface area (TPSA) is 60.4 Å². The van der Waals surface area contributed by atoms with Gasteiger partial charge in [-0.05, 0) is 6.92 Å². The van der Waals surface area contributed by atoms with Crippen LogP contribution < -0.4 is 5.56 Å². The molecule has 7 heteroatoms. The van der Waals surface area contributed by atoms with Crippen LogP contribution in [0.25, 0.3) is 4.96 Å². The highest BCUT2D eigenvalue weighted by Crippen LogP contribution is 2.21. The molecule has 3 rings (SSSR count). The molecule has 0 saturated carbocycles. The predicted molar refractivity (Wildman–Crippen MR) is 89.7 cm³/mol. The van der Waals surface area contributed by atoms with E-state index in [1.165, 1.54) is 11.3 Å². The predicted octanol–water partition coefficient (Wildman–Crippen LogP) is 3.61. The Morgan fingerprint density at radius 3 is 2.95 bits per heavy atom. The molecule has 0 unspecified atom stereocenters. The summed E-state index contributed by atoms with van der Waals surface area (Å²) in [5.74, 6) is 3.32. The van der Waals surface area contributed by atoms with Crippen molar-refractivity contribution in [3.8, 4) is 0 Å². The number of hydrogen-bond acceptors (Lipinski definition) is 6. The Kier molecular flexibility index (Phi) is 4.35. The largest absolute Gasteiger partial charge is 0.445 e. The van der Waals surface area contributed by atoms with Crippen molar-refractivity contribution in [2.75, 3.05) is 0 Å². The number of aryl methyl sites for hydroxylation is 1. The second kappa shape index (κ2) is 6.26. The first kappa shape index (κ1) is 15.3. The second-order valence-corrected chi connectivity index (χ2v) is 7.21. The van der Waals surface area contributed by atoms with Gasteiger partial charge in [-0.2, -0.15) is 0 Å². The van der Waals surface area contributed by atoms with Crippen LogP contribution in [0.2, 0.25) is 0 Å². The molecule has 0 atom stereocenters. The van der Waals surface area contributed by atoms with Crippen molar-refractivity contribution in [3.05, 3.63) is 51.0 Å². The van der Waals surface area contributed by atoms with Gasteiger partial charge in [-0.15, -0.1) is 23.1 Å². The molecule has 0 bridgehead atoms. The van der Waals surface area contributed by atoms with Crippen molar-refractivity contribution in [1.29, 1.82) is 0 Å². The number of hydrogen-bond donors (Lipinski definition) is 0. The highest BCUT2D eigenvalue weighted by atomic mass is 32.2. The van der Waals surface area contributed by atoms with Crippen LogP contribution in [0.4, 0.5) is 0 Å². The number of fused-ring (bicyclic) bond motifs is 1. The van der Waals surface area contributed by atoms with E-state index in [0.717, 1.165) is 28.0 Å². The van der Waals surface area contributed by atoms with Crippen LogP contribution in [0.5, 0.6) is 0 Å². The van der Waals surface area contributed by atoms with E-state index in [-0.39, 0.29) is 5.56 Å². The molecule has 116 valence electrons. The maximum absolute atomic E-state index is 12.1. The quantitative estimate of drug-likeness (QED) is 0.713. The number of thioether (sulfide) groups is 1. The summed E-state index contributed by atoms with van der Waals surface area (Å²) in [7, 11) is 0. The monoisotopic (exact) mass is 335 g/mol. The summed E-state index contributed by atoms with van der Waals surface area (Å²) in [4.78, 5) is 21.6. The third-order valence-electron chi connectivity index (χ3n) is 3.24. The van der Waals surface area contributed by atoms with E-state index in [0.29, 0.717) is 17.4 Å². The minimum absolute atomic E-state index is 0.0161. The molecule has 0 fully saturated rings. The molecule has 0 saturated heterocycles. The minimum atomic E-state index is -0.0161. The summed E-state index contributed by atoms with van der Waals surface area (Å²) in [6.45, 7) is 6.07. The third-order valence-corrected chi connectivity index (χ3v) is 5.14. The Bertz CT molecular complexity index is 848. The number of thiazole rings is 1. The van der Waals surface area contributed by atoms with Gasteiger partial charge < -0.3 is 4.42 Å². The van der Waals surface area contributed by atoms with Crippen molar-refractivity contribution < 1.29 is 4.42 Å². The molecule has 0 radical (unpaired) electrons. The molecule has 3 heterocycles. The summed E-state index contributed by atoms with van der Waals surface area (Å²) in [5.41, 5.74) is 1.71. The van der Waals surface area contributed by atoms with Gasteiger partial charge in [-0.25, -0.2) is 9.97 Å². The molecular weight excluding hydrogens is 318 g/mol. The lowest BCUT2D eigenvalue weighted by Crippen LogP contribution is -2.14. The zero-order valence-corrected chi connectivity index (χ0v) is 14.3. The summed E-state index contributed by atoms with van der Waals surface area (Å²) in [6, 6.07) is 1.61. The summed E-state index contributed by atoms with van der Waals surface area (Å²) < 4.78 is 7.30. The summed E-state index contributed by atoms with van der Waals surface area (Å²) in [5, 5.41) is 1.95. The van der Waals surface area contributed by atoms with E-state index >= 15 is 0 Å². The smallest absolute Gasteiger partial charge is 0.258 e. The Hall–Kier alpha value is -1.60. The van der Waals surface area contributed by atoms with Gasteiger partial charge in [0, 0.05) is 28.8 Å². The lowest BCUT2D eigenvalue weighted by atomic mass is 10.2. The van der Waals surface area contributed by atoms with Gasteiger partial charge in [0.05, 0.1) is 17.6 Å². The Morgan fingerprint density at radius 1 is 1.41 bits per heavy atom. The van der Waals surface area contributed by atoms with Crippen LogP contribution in [0.1, 0.15) is 42.8 Å². The Balaban J connectivity index is 1.67. The number of rotatable bonds is 5. The van der Waals surface area contributed by atoms with Gasteiger partial charge in [-0.3, -0.25) is 9.20 Å². The number of nitrogens with zero attached hydrogens (tertiary/aromatic N) is 3. The fourth-order valence-corrected chi connectivity index (χ4v) is 3.73. The van der Waals surface area contributed by atoms with Crippen LogP contribution in [-0.2, 0) is 11.5 Å². The number of oxazole rings is 1. The van der Waals surface area contributed by atoms with Crippen molar-refractivity contribution in [2.45, 2.75) is 38.2 Å². The first-order valence-electron chi connectivity index (χ1n) is 7.03. The van der Waals surface area contributed by atoms with Crippen LogP contribution in [-0.4, -0.2) is 14.4 Å². The summed E-state index contributed by atoms with van der Waals surface area (Å²) >= 11 is 3.14. The van der Waals surface area contributed by atoms with E-state index in [9.17, 15) is 4.79 Å².